The summed E-state index contributed by atoms with van der Waals surface area (Å²) in [5.41, 5.74) is 2.00. The second kappa shape index (κ2) is 5.92. The maximum Gasteiger partial charge on any atom is 0.0682 e. The van der Waals surface area contributed by atoms with Crippen LogP contribution in [0.25, 0.3) is 0 Å². The molecule has 20 heavy (non-hydrogen) atoms. The minimum absolute atomic E-state index is 0.0511. The molecule has 2 fully saturated rings. The number of benzene rings is 1. The molecule has 2 aliphatic heterocycles. The van der Waals surface area contributed by atoms with E-state index in [1.54, 1.807) is 0 Å². The summed E-state index contributed by atoms with van der Waals surface area (Å²) >= 11 is 6.38. The molecular formula is C16H23ClN2O. The van der Waals surface area contributed by atoms with Gasteiger partial charge < -0.3 is 14.9 Å². The van der Waals surface area contributed by atoms with Gasteiger partial charge in [0.2, 0.25) is 0 Å². The van der Waals surface area contributed by atoms with Crippen molar-refractivity contribution in [3.8, 4) is 0 Å². The molecular weight excluding hydrogens is 272 g/mol. The molecule has 0 saturated carbocycles. The summed E-state index contributed by atoms with van der Waals surface area (Å²) in [6.45, 7) is 3.47. The van der Waals surface area contributed by atoms with Crippen LogP contribution in [0.1, 0.15) is 24.8 Å². The Hall–Kier alpha value is -0.770. The lowest BCUT2D eigenvalue weighted by molar-refractivity contribution is 0.102. The van der Waals surface area contributed by atoms with Crippen molar-refractivity contribution in [2.24, 2.45) is 5.92 Å². The average molecular weight is 295 g/mol. The summed E-state index contributed by atoms with van der Waals surface area (Å²) in [6, 6.07) is 6.66. The Morgan fingerprint density at radius 1 is 1.30 bits per heavy atom. The highest BCUT2D eigenvalue weighted by Crippen LogP contribution is 2.35. The number of nitrogens with zero attached hydrogens (tertiary/aromatic N) is 2. The summed E-state index contributed by atoms with van der Waals surface area (Å²) in [5.74, 6) is 0.760. The zero-order chi connectivity index (χ0) is 14.1. The second-order valence-electron chi connectivity index (χ2n) is 6.13. The van der Waals surface area contributed by atoms with Gasteiger partial charge in [-0.2, -0.15) is 0 Å². The number of hydrogen-bond acceptors (Lipinski definition) is 3. The molecule has 3 rings (SSSR count). The normalized spacial score (nSPS) is 27.4. The second-order valence-corrected chi connectivity index (χ2v) is 6.54. The summed E-state index contributed by atoms with van der Waals surface area (Å²) in [7, 11) is 2.26. The van der Waals surface area contributed by atoms with Gasteiger partial charge in [0, 0.05) is 19.1 Å². The molecule has 2 atom stereocenters. The third-order valence-corrected chi connectivity index (χ3v) is 5.18. The molecule has 1 aromatic rings. The van der Waals surface area contributed by atoms with Crippen molar-refractivity contribution in [2.75, 3.05) is 31.6 Å². The molecule has 3 nitrogen and oxygen atoms in total. The van der Waals surface area contributed by atoms with Gasteiger partial charge in [-0.25, -0.2) is 0 Å². The predicted molar refractivity (Wildman–Crippen MR) is 83.3 cm³/mol. The van der Waals surface area contributed by atoms with Crippen LogP contribution in [-0.2, 0) is 6.61 Å². The highest BCUT2D eigenvalue weighted by molar-refractivity contribution is 6.33. The van der Waals surface area contributed by atoms with E-state index in [2.05, 4.69) is 22.9 Å². The fourth-order valence-electron chi connectivity index (χ4n) is 3.78. The first-order chi connectivity index (χ1) is 9.69. The fraction of sp³-hybridized carbons (Fsp3) is 0.625. The summed E-state index contributed by atoms with van der Waals surface area (Å²) < 4.78 is 0. The molecule has 0 aliphatic carbocycles. The van der Waals surface area contributed by atoms with Crippen molar-refractivity contribution < 1.29 is 5.11 Å². The zero-order valence-corrected chi connectivity index (χ0v) is 12.8. The molecule has 0 amide bonds. The Morgan fingerprint density at radius 2 is 2.15 bits per heavy atom. The van der Waals surface area contributed by atoms with Crippen LogP contribution in [0.2, 0.25) is 5.02 Å². The van der Waals surface area contributed by atoms with Crippen molar-refractivity contribution in [2.45, 2.75) is 31.9 Å². The third-order valence-electron chi connectivity index (χ3n) is 4.88. The molecule has 1 N–H and O–H groups in total. The number of piperidine rings is 2. The molecule has 4 heteroatoms. The van der Waals surface area contributed by atoms with Crippen molar-refractivity contribution >= 4 is 17.3 Å². The Kier molecular flexibility index (Phi) is 4.20. The minimum Gasteiger partial charge on any atom is -0.392 e. The zero-order valence-electron chi connectivity index (χ0n) is 12.1. The van der Waals surface area contributed by atoms with Crippen molar-refractivity contribution in [3.63, 3.8) is 0 Å². The molecule has 110 valence electrons. The van der Waals surface area contributed by atoms with E-state index in [0.29, 0.717) is 0 Å². The SMILES string of the molecule is CN1CCCC2CN(c3ccc(CO)cc3Cl)CCC21. The monoisotopic (exact) mass is 294 g/mol. The first kappa shape index (κ1) is 14.2. The fourth-order valence-corrected chi connectivity index (χ4v) is 4.10. The minimum atomic E-state index is 0.0511. The van der Waals surface area contributed by atoms with Gasteiger partial charge in [-0.3, -0.25) is 0 Å². The molecule has 0 bridgehead atoms. The third kappa shape index (κ3) is 2.67. The van der Waals surface area contributed by atoms with Crippen LogP contribution in [0.3, 0.4) is 0 Å². The van der Waals surface area contributed by atoms with E-state index in [9.17, 15) is 0 Å². The Morgan fingerprint density at radius 3 is 2.90 bits per heavy atom. The van der Waals surface area contributed by atoms with Crippen LogP contribution >= 0.6 is 11.6 Å². The number of aliphatic hydroxyl groups excluding tert-OH is 1. The molecule has 2 heterocycles. The quantitative estimate of drug-likeness (QED) is 0.908. The number of likely N-dealkylation sites (tertiary alicyclic amines) is 1. The van der Waals surface area contributed by atoms with Gasteiger partial charge in [-0.05, 0) is 56.5 Å². The number of rotatable bonds is 2. The highest BCUT2D eigenvalue weighted by atomic mass is 35.5. The molecule has 0 aromatic heterocycles. The van der Waals surface area contributed by atoms with Crippen molar-refractivity contribution in [1.29, 1.82) is 0 Å². The first-order valence-electron chi connectivity index (χ1n) is 7.53. The molecule has 0 spiro atoms. The van der Waals surface area contributed by atoms with Crippen LogP contribution in [0.15, 0.2) is 18.2 Å². The number of halogens is 1. The lowest BCUT2D eigenvalue weighted by Crippen LogP contribution is -2.52. The Labute approximate surface area is 126 Å². The predicted octanol–water partition coefficient (Wildman–Crippen LogP) is 2.75. The summed E-state index contributed by atoms with van der Waals surface area (Å²) in [5, 5.41) is 9.93. The van der Waals surface area contributed by atoms with Gasteiger partial charge >= 0.3 is 0 Å². The van der Waals surface area contributed by atoms with E-state index < -0.39 is 0 Å². The van der Waals surface area contributed by atoms with E-state index in [0.717, 1.165) is 41.3 Å². The summed E-state index contributed by atoms with van der Waals surface area (Å²) in [4.78, 5) is 4.95. The standard InChI is InChI=1S/C16H23ClN2O/c1-18-7-2-3-13-10-19(8-6-15(13)18)16-5-4-12(11-20)9-14(16)17/h4-5,9,13,15,20H,2-3,6-8,10-11H2,1H3. The topological polar surface area (TPSA) is 26.7 Å². The van der Waals surface area contributed by atoms with Gasteiger partial charge in [0.05, 0.1) is 17.3 Å². The van der Waals surface area contributed by atoms with Gasteiger partial charge in [-0.1, -0.05) is 17.7 Å². The van der Waals surface area contributed by atoms with Crippen molar-refractivity contribution in [3.05, 3.63) is 28.8 Å². The van der Waals surface area contributed by atoms with Gasteiger partial charge in [-0.15, -0.1) is 0 Å². The van der Waals surface area contributed by atoms with Crippen LogP contribution in [0, 0.1) is 5.92 Å². The van der Waals surface area contributed by atoms with Crippen LogP contribution in [0.5, 0.6) is 0 Å². The maximum atomic E-state index is 9.17. The molecule has 2 unspecified atom stereocenters. The molecule has 0 radical (unpaired) electrons. The summed E-state index contributed by atoms with van der Waals surface area (Å²) in [6.07, 6.45) is 3.86. The van der Waals surface area contributed by atoms with Crippen LogP contribution < -0.4 is 4.90 Å². The largest absolute Gasteiger partial charge is 0.392 e. The average Bonchev–Trinajstić information content (AvgIpc) is 2.47. The lowest BCUT2D eigenvalue weighted by Gasteiger charge is -2.46. The maximum absolute atomic E-state index is 9.17. The smallest absolute Gasteiger partial charge is 0.0682 e. The van der Waals surface area contributed by atoms with Crippen LogP contribution in [-0.4, -0.2) is 42.7 Å². The van der Waals surface area contributed by atoms with Gasteiger partial charge in [0.25, 0.3) is 0 Å². The van der Waals surface area contributed by atoms with Crippen LogP contribution in [0.4, 0.5) is 5.69 Å². The number of hydrogen-bond donors (Lipinski definition) is 1. The highest BCUT2D eigenvalue weighted by Gasteiger charge is 2.34. The lowest BCUT2D eigenvalue weighted by atomic mass is 9.84. The van der Waals surface area contributed by atoms with E-state index in [1.807, 2.05) is 12.1 Å². The molecule has 2 saturated heterocycles. The molecule has 1 aromatic carbocycles. The van der Waals surface area contributed by atoms with E-state index in [4.69, 9.17) is 16.7 Å². The number of anilines is 1. The van der Waals surface area contributed by atoms with Gasteiger partial charge in [0.15, 0.2) is 0 Å². The first-order valence-corrected chi connectivity index (χ1v) is 7.91. The Balaban J connectivity index is 1.76. The van der Waals surface area contributed by atoms with Crippen molar-refractivity contribution in [1.82, 2.24) is 4.90 Å². The van der Waals surface area contributed by atoms with Gasteiger partial charge in [0.1, 0.15) is 0 Å². The van der Waals surface area contributed by atoms with E-state index >= 15 is 0 Å². The van der Waals surface area contributed by atoms with E-state index in [1.165, 1.54) is 25.8 Å². The van der Waals surface area contributed by atoms with E-state index in [-0.39, 0.29) is 6.61 Å². The molecule has 2 aliphatic rings. The Bertz CT molecular complexity index is 480. The number of aliphatic hydroxyl groups is 1. The number of fused-ring (bicyclic) bond motifs is 1.